The lowest BCUT2D eigenvalue weighted by atomic mass is 10.1. The lowest BCUT2D eigenvalue weighted by Gasteiger charge is -2.36. The fourth-order valence-corrected chi connectivity index (χ4v) is 4.64. The zero-order chi connectivity index (χ0) is 26.5. The van der Waals surface area contributed by atoms with Crippen molar-refractivity contribution < 1.29 is 28.3 Å². The Labute approximate surface area is 222 Å². The minimum atomic E-state index is -0.590. The van der Waals surface area contributed by atoms with Crippen LogP contribution < -0.4 is 15.1 Å². The molecule has 37 heavy (non-hydrogen) atoms. The highest BCUT2D eigenvalue weighted by atomic mass is 79.9. The van der Waals surface area contributed by atoms with Gasteiger partial charge in [0.25, 0.3) is 0 Å². The summed E-state index contributed by atoms with van der Waals surface area (Å²) in [4.78, 5) is 53.2. The van der Waals surface area contributed by atoms with E-state index >= 15 is 4.39 Å². The summed E-state index contributed by atoms with van der Waals surface area (Å²) in [7, 11) is 0. The predicted molar refractivity (Wildman–Crippen MR) is 139 cm³/mol. The van der Waals surface area contributed by atoms with Crippen molar-refractivity contribution in [3.63, 3.8) is 0 Å². The van der Waals surface area contributed by atoms with Gasteiger partial charge in [0.2, 0.25) is 11.8 Å². The molecule has 0 radical (unpaired) electrons. The van der Waals surface area contributed by atoms with Crippen LogP contribution in [0.5, 0.6) is 0 Å². The zero-order valence-electron chi connectivity index (χ0n) is 20.4. The van der Waals surface area contributed by atoms with Crippen molar-refractivity contribution in [2.45, 2.75) is 25.9 Å². The molecule has 9 nitrogen and oxygen atoms in total. The number of rotatable bonds is 8. The first-order valence-electron chi connectivity index (χ1n) is 12.0. The molecule has 11 heteroatoms. The number of hydrogen-bond acceptors (Lipinski definition) is 6. The van der Waals surface area contributed by atoms with Gasteiger partial charge in [0.05, 0.1) is 24.5 Å². The molecule has 0 saturated carbocycles. The van der Waals surface area contributed by atoms with Crippen molar-refractivity contribution in [3.05, 3.63) is 58.3 Å². The lowest BCUT2D eigenvalue weighted by Crippen LogP contribution is -2.49. The van der Waals surface area contributed by atoms with E-state index in [1.54, 1.807) is 41.3 Å². The summed E-state index contributed by atoms with van der Waals surface area (Å²) in [5, 5.41) is 2.61. The molecule has 0 aliphatic carbocycles. The molecule has 1 N–H and O–H groups in total. The first-order valence-corrected chi connectivity index (χ1v) is 12.8. The summed E-state index contributed by atoms with van der Waals surface area (Å²) in [6.07, 6.45) is -0.822. The third-order valence-electron chi connectivity index (χ3n) is 6.40. The summed E-state index contributed by atoms with van der Waals surface area (Å²) in [5.74, 6) is -0.872. The average molecular weight is 575 g/mol. The van der Waals surface area contributed by atoms with Crippen molar-refractivity contribution >= 4 is 51.0 Å². The third-order valence-corrected chi connectivity index (χ3v) is 6.93. The highest BCUT2D eigenvalue weighted by Gasteiger charge is 2.33. The standard InChI is InChI=1S/C26H28BrFN4O5/c1-17(33)29-15-21-16-32(26(36)37-21)20-6-7-23(22(28)14-20)30-10-12-31(13-11-30)25(35)9-8-24(34)18-2-4-19(27)5-3-18/h2-7,14,21H,8-13,15-16H2,1H3,(H,29,33). The molecule has 1 unspecified atom stereocenters. The Morgan fingerprint density at radius 1 is 1.05 bits per heavy atom. The van der Waals surface area contributed by atoms with Crippen molar-refractivity contribution in [1.82, 2.24) is 10.2 Å². The van der Waals surface area contributed by atoms with Gasteiger partial charge in [0.15, 0.2) is 5.78 Å². The van der Waals surface area contributed by atoms with Gasteiger partial charge in [0.1, 0.15) is 11.9 Å². The number of ether oxygens (including phenoxy) is 1. The Hall–Kier alpha value is -3.47. The normalized spacial score (nSPS) is 17.5. The molecule has 196 valence electrons. The number of nitrogens with one attached hydrogen (secondary N) is 1. The monoisotopic (exact) mass is 574 g/mol. The predicted octanol–water partition coefficient (Wildman–Crippen LogP) is 3.36. The van der Waals surface area contributed by atoms with Crippen LogP contribution >= 0.6 is 15.9 Å². The average Bonchev–Trinajstić information content (AvgIpc) is 3.26. The van der Waals surface area contributed by atoms with E-state index in [0.29, 0.717) is 43.1 Å². The van der Waals surface area contributed by atoms with Crippen LogP contribution in [0.3, 0.4) is 0 Å². The van der Waals surface area contributed by atoms with Gasteiger partial charge in [-0.25, -0.2) is 9.18 Å². The SMILES string of the molecule is CC(=O)NCC1CN(c2ccc(N3CCN(C(=O)CCC(=O)c4ccc(Br)cc4)CC3)c(F)c2)C(=O)O1. The summed E-state index contributed by atoms with van der Waals surface area (Å²) in [6, 6.07) is 11.6. The van der Waals surface area contributed by atoms with Crippen molar-refractivity contribution in [2.75, 3.05) is 49.1 Å². The molecule has 2 aromatic carbocycles. The summed E-state index contributed by atoms with van der Waals surface area (Å²) >= 11 is 3.34. The van der Waals surface area contributed by atoms with Crippen molar-refractivity contribution in [2.24, 2.45) is 0 Å². The highest BCUT2D eigenvalue weighted by molar-refractivity contribution is 9.10. The number of benzene rings is 2. The first kappa shape index (κ1) is 26.6. The van der Waals surface area contributed by atoms with Gasteiger partial charge in [-0.15, -0.1) is 0 Å². The van der Waals surface area contributed by atoms with E-state index < -0.39 is 18.0 Å². The molecule has 2 fully saturated rings. The number of ketones is 1. The number of hydrogen-bond donors (Lipinski definition) is 1. The zero-order valence-corrected chi connectivity index (χ0v) is 22.0. The van der Waals surface area contributed by atoms with Gasteiger partial charge in [-0.2, -0.15) is 0 Å². The van der Waals surface area contributed by atoms with E-state index in [9.17, 15) is 19.2 Å². The first-order chi connectivity index (χ1) is 17.7. The van der Waals surface area contributed by atoms with Crippen LogP contribution in [0.1, 0.15) is 30.1 Å². The molecule has 2 aliphatic heterocycles. The van der Waals surface area contributed by atoms with Crippen LogP contribution in [-0.4, -0.2) is 74.0 Å². The summed E-state index contributed by atoms with van der Waals surface area (Å²) < 4.78 is 21.1. The Bertz CT molecular complexity index is 1180. The number of amides is 3. The second-order valence-corrected chi connectivity index (χ2v) is 9.90. The van der Waals surface area contributed by atoms with Crippen LogP contribution in [0, 0.1) is 5.82 Å². The quantitative estimate of drug-likeness (QED) is 0.485. The molecule has 1 atom stereocenters. The summed E-state index contributed by atoms with van der Waals surface area (Å²) in [5.41, 5.74) is 1.34. The van der Waals surface area contributed by atoms with E-state index in [2.05, 4.69) is 21.2 Å². The van der Waals surface area contributed by atoms with Gasteiger partial charge < -0.3 is 19.9 Å². The van der Waals surface area contributed by atoms with Crippen LogP contribution in [0.4, 0.5) is 20.6 Å². The molecular weight excluding hydrogens is 547 g/mol. The van der Waals surface area contributed by atoms with Crippen LogP contribution in [0.15, 0.2) is 46.9 Å². The van der Waals surface area contributed by atoms with Gasteiger partial charge in [-0.3, -0.25) is 19.3 Å². The Kier molecular flexibility index (Phi) is 8.42. The molecule has 2 aliphatic rings. The molecule has 2 heterocycles. The Morgan fingerprint density at radius 2 is 1.76 bits per heavy atom. The number of halogens is 2. The molecule has 0 bridgehead atoms. The number of cyclic esters (lactones) is 1. The van der Waals surface area contributed by atoms with E-state index in [1.807, 2.05) is 4.90 Å². The maximum atomic E-state index is 15.0. The maximum absolute atomic E-state index is 15.0. The Balaban J connectivity index is 1.28. The van der Waals surface area contributed by atoms with Gasteiger partial charge in [-0.05, 0) is 30.3 Å². The molecule has 2 aromatic rings. The Morgan fingerprint density at radius 3 is 2.41 bits per heavy atom. The van der Waals surface area contributed by atoms with Gasteiger partial charge in [-0.1, -0.05) is 28.1 Å². The number of nitrogens with zero attached hydrogens (tertiary/aromatic N) is 3. The second kappa shape index (κ2) is 11.7. The van der Waals surface area contributed by atoms with Crippen molar-refractivity contribution in [3.8, 4) is 0 Å². The van der Waals surface area contributed by atoms with Crippen molar-refractivity contribution in [1.29, 1.82) is 0 Å². The van der Waals surface area contributed by atoms with Gasteiger partial charge >= 0.3 is 6.09 Å². The topological polar surface area (TPSA) is 99.3 Å². The molecule has 3 amide bonds. The molecule has 0 aromatic heterocycles. The van der Waals surface area contributed by atoms with Crippen LogP contribution in [0.25, 0.3) is 0 Å². The van der Waals surface area contributed by atoms with E-state index in [-0.39, 0.29) is 43.5 Å². The molecule has 2 saturated heterocycles. The molecular formula is C26H28BrFN4O5. The minimum absolute atomic E-state index is 0.0787. The third kappa shape index (κ3) is 6.65. The second-order valence-electron chi connectivity index (χ2n) is 8.99. The smallest absolute Gasteiger partial charge is 0.414 e. The number of Topliss-reactive ketones (excluding diaryl/α,β-unsaturated/α-hetero) is 1. The fourth-order valence-electron chi connectivity index (χ4n) is 4.37. The number of carbonyl (C=O) groups excluding carboxylic acids is 4. The molecule has 4 rings (SSSR count). The minimum Gasteiger partial charge on any atom is -0.442 e. The highest BCUT2D eigenvalue weighted by Crippen LogP contribution is 2.28. The van der Waals surface area contributed by atoms with E-state index in [1.165, 1.54) is 17.9 Å². The van der Waals surface area contributed by atoms with E-state index in [4.69, 9.17) is 4.74 Å². The number of piperazine rings is 1. The number of carbonyl (C=O) groups is 4. The lowest BCUT2D eigenvalue weighted by molar-refractivity contribution is -0.131. The van der Waals surface area contributed by atoms with Gasteiger partial charge in [0, 0.05) is 56.0 Å². The van der Waals surface area contributed by atoms with E-state index in [0.717, 1.165) is 4.47 Å². The summed E-state index contributed by atoms with van der Waals surface area (Å²) in [6.45, 7) is 3.54. The van der Waals surface area contributed by atoms with Crippen LogP contribution in [0.2, 0.25) is 0 Å². The maximum Gasteiger partial charge on any atom is 0.414 e. The fraction of sp³-hybridized carbons (Fsp3) is 0.385. The van der Waals surface area contributed by atoms with Crippen LogP contribution in [-0.2, 0) is 14.3 Å². The largest absolute Gasteiger partial charge is 0.442 e. The molecule has 0 spiro atoms. The number of anilines is 2.